The van der Waals surface area contributed by atoms with Gasteiger partial charge in [-0.1, -0.05) is 152 Å². The minimum atomic E-state index is 0.748. The molecule has 2 aromatic heterocycles. The van der Waals surface area contributed by atoms with Gasteiger partial charge in [-0.05, 0) is 34.4 Å². The number of benzene rings is 6. The average molecular weight is 589 g/mol. The van der Waals surface area contributed by atoms with Crippen molar-refractivity contribution in [3.8, 4) is 78.7 Å². The molecule has 0 saturated heterocycles. The summed E-state index contributed by atoms with van der Waals surface area (Å²) in [5, 5.41) is 1.12. The summed E-state index contributed by atoms with van der Waals surface area (Å²) in [6.45, 7) is 0. The molecule has 0 atom stereocenters. The molecule has 8 aromatic rings. The number of rotatable bonds is 4. The van der Waals surface area contributed by atoms with E-state index >= 15 is 0 Å². The summed E-state index contributed by atoms with van der Waals surface area (Å²) in [6.07, 6.45) is 0. The molecule has 0 amide bonds. The first-order chi connectivity index (χ1) is 22.8. The number of H-pyrrole nitrogens is 1. The van der Waals surface area contributed by atoms with Crippen LogP contribution in [-0.2, 0) is 0 Å². The van der Waals surface area contributed by atoms with Crippen LogP contribution in [0.3, 0.4) is 0 Å². The largest absolute Gasteiger partial charge is 0.439 e. The van der Waals surface area contributed by atoms with Gasteiger partial charge in [0.15, 0.2) is 0 Å². The Kier molecular flexibility index (Phi) is 6.14. The van der Waals surface area contributed by atoms with E-state index in [-0.39, 0.29) is 0 Å². The van der Waals surface area contributed by atoms with Gasteiger partial charge in [0.25, 0.3) is 0 Å². The molecular weight excluding hydrogens is 560 g/mol. The predicted octanol–water partition coefficient (Wildman–Crippen LogP) is 11.7. The molecule has 1 N–H and O–H groups in total. The van der Waals surface area contributed by atoms with E-state index in [2.05, 4.69) is 151 Å². The number of fused-ring (bicyclic) bond motifs is 7. The lowest BCUT2D eigenvalue weighted by molar-refractivity contribution is 0.474. The van der Waals surface area contributed by atoms with Gasteiger partial charge in [-0.15, -0.1) is 0 Å². The minimum absolute atomic E-state index is 0.748. The van der Waals surface area contributed by atoms with Gasteiger partial charge in [0.1, 0.15) is 5.75 Å². The smallest absolute Gasteiger partial charge is 0.206 e. The Labute approximate surface area is 267 Å². The van der Waals surface area contributed by atoms with Crippen LogP contribution < -0.4 is 4.74 Å². The SMILES string of the molecule is c1ccc(-c2cc(-c3cccc4c5c([nH]c34)Oc3c(-c4ccccc4)cccc3-c3ccccc3-5)cc(-c3ccccc3)n2)cc1. The molecule has 6 aromatic carbocycles. The molecule has 46 heavy (non-hydrogen) atoms. The molecule has 0 saturated carbocycles. The molecule has 9 rings (SSSR count). The Morgan fingerprint density at radius 3 is 1.61 bits per heavy atom. The van der Waals surface area contributed by atoms with Crippen molar-refractivity contribution in [3.05, 3.63) is 164 Å². The van der Waals surface area contributed by atoms with E-state index in [4.69, 9.17) is 9.72 Å². The molecule has 1 aliphatic rings. The Balaban J connectivity index is 1.29. The van der Waals surface area contributed by atoms with Gasteiger partial charge in [0.2, 0.25) is 5.88 Å². The summed E-state index contributed by atoms with van der Waals surface area (Å²) in [7, 11) is 0. The lowest BCUT2D eigenvalue weighted by atomic mass is 9.91. The fraction of sp³-hybridized carbons (Fsp3) is 0. The topological polar surface area (TPSA) is 37.9 Å². The van der Waals surface area contributed by atoms with Crippen LogP contribution in [0.5, 0.6) is 11.6 Å². The van der Waals surface area contributed by atoms with Gasteiger partial charge in [-0.25, -0.2) is 4.98 Å². The van der Waals surface area contributed by atoms with Crippen molar-refractivity contribution >= 4 is 10.9 Å². The lowest BCUT2D eigenvalue weighted by Gasteiger charge is -2.14. The Morgan fingerprint density at radius 1 is 0.413 bits per heavy atom. The van der Waals surface area contributed by atoms with E-state index < -0.39 is 0 Å². The highest BCUT2D eigenvalue weighted by atomic mass is 16.5. The highest BCUT2D eigenvalue weighted by molar-refractivity contribution is 6.09. The van der Waals surface area contributed by atoms with Crippen LogP contribution in [0, 0.1) is 0 Å². The molecule has 216 valence electrons. The van der Waals surface area contributed by atoms with E-state index in [1.54, 1.807) is 0 Å². The van der Waals surface area contributed by atoms with Crippen molar-refractivity contribution in [3.63, 3.8) is 0 Å². The standard InChI is InChI=1S/C43H28N2O/c1-4-14-28(15-5-1)33-23-13-24-36-34-20-10-11-21-35(34)40-37-25-12-22-32(41(37)45-43(40)46-42(33)36)31-26-38(29-16-6-2-7-17-29)44-39(27-31)30-18-8-3-9-19-30/h1-27,45H. The summed E-state index contributed by atoms with van der Waals surface area (Å²) in [5.41, 5.74) is 13.9. The van der Waals surface area contributed by atoms with Crippen LogP contribution in [0.4, 0.5) is 0 Å². The second-order valence-electron chi connectivity index (χ2n) is 11.6. The summed E-state index contributed by atoms with van der Waals surface area (Å²) >= 11 is 0. The highest BCUT2D eigenvalue weighted by Crippen LogP contribution is 2.52. The van der Waals surface area contributed by atoms with E-state index in [0.29, 0.717) is 0 Å². The highest BCUT2D eigenvalue weighted by Gasteiger charge is 2.27. The lowest BCUT2D eigenvalue weighted by Crippen LogP contribution is -1.92. The van der Waals surface area contributed by atoms with Gasteiger partial charge in [0.05, 0.1) is 22.5 Å². The number of nitrogens with zero attached hydrogens (tertiary/aromatic N) is 1. The first-order valence-electron chi connectivity index (χ1n) is 15.6. The van der Waals surface area contributed by atoms with Crippen molar-refractivity contribution in [2.75, 3.05) is 0 Å². The molecule has 0 aliphatic carbocycles. The number of nitrogens with one attached hydrogen (secondary N) is 1. The molecule has 0 unspecified atom stereocenters. The van der Waals surface area contributed by atoms with Crippen molar-refractivity contribution in [2.24, 2.45) is 0 Å². The predicted molar refractivity (Wildman–Crippen MR) is 189 cm³/mol. The molecule has 3 heteroatoms. The molecule has 1 aliphatic heterocycles. The molecule has 0 bridgehead atoms. The van der Waals surface area contributed by atoms with E-state index in [0.717, 1.165) is 89.6 Å². The number of hydrogen-bond donors (Lipinski definition) is 1. The third-order valence-electron chi connectivity index (χ3n) is 8.87. The zero-order chi connectivity index (χ0) is 30.5. The van der Waals surface area contributed by atoms with Gasteiger partial charge in [-0.3, -0.25) is 0 Å². The number of hydrogen-bond acceptors (Lipinski definition) is 2. The first-order valence-corrected chi connectivity index (χ1v) is 15.6. The molecule has 0 radical (unpaired) electrons. The molecular formula is C43H28N2O. The summed E-state index contributed by atoms with van der Waals surface area (Å²) in [5.74, 6) is 1.60. The van der Waals surface area contributed by atoms with Crippen LogP contribution in [0.15, 0.2) is 164 Å². The van der Waals surface area contributed by atoms with Crippen molar-refractivity contribution < 1.29 is 4.74 Å². The number of ether oxygens (including phenoxy) is 1. The maximum atomic E-state index is 6.96. The van der Waals surface area contributed by atoms with Crippen LogP contribution in [0.1, 0.15) is 0 Å². The van der Waals surface area contributed by atoms with Crippen LogP contribution >= 0.6 is 0 Å². The Morgan fingerprint density at radius 2 is 0.935 bits per heavy atom. The second kappa shape index (κ2) is 10.8. The Bertz CT molecular complexity index is 2320. The van der Waals surface area contributed by atoms with E-state index in [9.17, 15) is 0 Å². The molecule has 0 spiro atoms. The van der Waals surface area contributed by atoms with Crippen LogP contribution in [-0.4, -0.2) is 9.97 Å². The van der Waals surface area contributed by atoms with Crippen molar-refractivity contribution in [2.45, 2.75) is 0 Å². The average Bonchev–Trinajstić information content (AvgIpc) is 3.43. The molecule has 0 fully saturated rings. The fourth-order valence-corrected chi connectivity index (χ4v) is 6.72. The zero-order valence-corrected chi connectivity index (χ0v) is 24.9. The monoisotopic (exact) mass is 588 g/mol. The van der Waals surface area contributed by atoms with Crippen LogP contribution in [0.2, 0.25) is 0 Å². The minimum Gasteiger partial charge on any atom is -0.439 e. The number of para-hydroxylation sites is 2. The number of pyridine rings is 1. The summed E-state index contributed by atoms with van der Waals surface area (Å²) in [4.78, 5) is 8.87. The molecule has 3 nitrogen and oxygen atoms in total. The fourth-order valence-electron chi connectivity index (χ4n) is 6.72. The molecule has 3 heterocycles. The number of aromatic nitrogens is 2. The maximum absolute atomic E-state index is 6.96. The normalized spacial score (nSPS) is 11.7. The van der Waals surface area contributed by atoms with E-state index in [1.807, 2.05) is 18.2 Å². The van der Waals surface area contributed by atoms with Gasteiger partial charge in [-0.2, -0.15) is 0 Å². The third-order valence-corrected chi connectivity index (χ3v) is 8.87. The van der Waals surface area contributed by atoms with Gasteiger partial charge >= 0.3 is 0 Å². The van der Waals surface area contributed by atoms with E-state index in [1.165, 1.54) is 0 Å². The first kappa shape index (κ1) is 26.2. The zero-order valence-electron chi connectivity index (χ0n) is 24.9. The summed E-state index contributed by atoms with van der Waals surface area (Å²) in [6, 6.07) is 57.2. The van der Waals surface area contributed by atoms with Crippen LogP contribution in [0.25, 0.3) is 77.9 Å². The van der Waals surface area contributed by atoms with Gasteiger partial charge < -0.3 is 9.72 Å². The van der Waals surface area contributed by atoms with Gasteiger partial charge in [0, 0.05) is 33.2 Å². The van der Waals surface area contributed by atoms with Crippen molar-refractivity contribution in [1.82, 2.24) is 9.97 Å². The Hall–Kier alpha value is -6.19. The van der Waals surface area contributed by atoms with Crippen molar-refractivity contribution in [1.29, 1.82) is 0 Å². The quantitative estimate of drug-likeness (QED) is 0.222. The maximum Gasteiger partial charge on any atom is 0.206 e. The second-order valence-corrected chi connectivity index (χ2v) is 11.6. The summed E-state index contributed by atoms with van der Waals surface area (Å²) < 4.78 is 6.96. The third kappa shape index (κ3) is 4.33. The number of aromatic amines is 1.